The van der Waals surface area contributed by atoms with Gasteiger partial charge in [-0.3, -0.25) is 0 Å². The highest BCUT2D eigenvalue weighted by atomic mass is 16.3. The van der Waals surface area contributed by atoms with Crippen molar-refractivity contribution in [3.05, 3.63) is 195 Å². The number of rotatable bonds is 7. The molecule has 0 saturated carbocycles. The van der Waals surface area contributed by atoms with Crippen LogP contribution in [0.15, 0.2) is 212 Å². The number of hydrogen-bond acceptors (Lipinski definition) is 6. The summed E-state index contributed by atoms with van der Waals surface area (Å²) >= 11 is 0. The summed E-state index contributed by atoms with van der Waals surface area (Å²) in [6.07, 6.45) is 3.54. The molecule has 0 aliphatic heterocycles. The Hall–Kier alpha value is -7.96. The first kappa shape index (κ1) is 32.3. The number of nitrogens with zero attached hydrogens (tertiary/aromatic N) is 2. The van der Waals surface area contributed by atoms with Crippen molar-refractivity contribution < 1.29 is 17.7 Å². The van der Waals surface area contributed by atoms with Gasteiger partial charge in [-0.15, -0.1) is 0 Å². The molecule has 6 nitrogen and oxygen atoms in total. The Morgan fingerprint density at radius 1 is 0.310 bits per heavy atom. The molecule has 0 aliphatic carbocycles. The maximum absolute atomic E-state index is 6.47. The number of furan rings is 4. The summed E-state index contributed by atoms with van der Waals surface area (Å²) in [6, 6.07) is 62.8. The Morgan fingerprint density at radius 2 is 0.776 bits per heavy atom. The van der Waals surface area contributed by atoms with E-state index in [0.29, 0.717) is 0 Å². The number of para-hydroxylation sites is 4. The van der Waals surface area contributed by atoms with Gasteiger partial charge in [0.1, 0.15) is 33.6 Å². The van der Waals surface area contributed by atoms with Crippen molar-refractivity contribution in [3.63, 3.8) is 0 Å². The average Bonchev–Trinajstić information content (AvgIpc) is 4.10. The van der Waals surface area contributed by atoms with Crippen LogP contribution in [0.3, 0.4) is 0 Å². The summed E-state index contributed by atoms with van der Waals surface area (Å²) in [7, 11) is 0. The number of hydrogen-bond donors (Lipinski definition) is 0. The molecule has 0 saturated heterocycles. The van der Waals surface area contributed by atoms with E-state index in [1.807, 2.05) is 54.6 Å². The Bertz CT molecular complexity index is 3410. The minimum absolute atomic E-state index is 0.764. The molecule has 0 unspecified atom stereocenters. The molecule has 274 valence electrons. The summed E-state index contributed by atoms with van der Waals surface area (Å²) < 4.78 is 25.3. The van der Waals surface area contributed by atoms with E-state index in [4.69, 9.17) is 17.7 Å². The Balaban J connectivity index is 1.01. The maximum Gasteiger partial charge on any atom is 0.159 e. The van der Waals surface area contributed by atoms with Gasteiger partial charge in [-0.1, -0.05) is 84.9 Å². The normalized spacial score (nSPS) is 11.8. The van der Waals surface area contributed by atoms with Crippen molar-refractivity contribution in [2.75, 3.05) is 9.80 Å². The van der Waals surface area contributed by atoms with Crippen molar-refractivity contribution in [1.82, 2.24) is 0 Å². The molecule has 4 aromatic heterocycles. The molecule has 6 heteroatoms. The van der Waals surface area contributed by atoms with E-state index in [9.17, 15) is 0 Å². The molecule has 0 fully saturated rings. The fourth-order valence-corrected chi connectivity index (χ4v) is 8.62. The predicted octanol–water partition coefficient (Wildman–Crippen LogP) is 15.6. The van der Waals surface area contributed by atoms with Gasteiger partial charge in [0.15, 0.2) is 5.58 Å². The van der Waals surface area contributed by atoms with Gasteiger partial charge in [-0.05, 0) is 103 Å². The molecular weight excluding hydrogens is 717 g/mol. The van der Waals surface area contributed by atoms with E-state index in [0.717, 1.165) is 111 Å². The SMILES string of the molecule is c1ccc(N(c2ccc(-c3c4ccoc4c(N(c4ccccc4)c4ccc5oc6ccccc6c5c4)c4ccoc34)cc2)c2ccc3oc4ccccc4c3c2)cc1. The summed E-state index contributed by atoms with van der Waals surface area (Å²) in [5.74, 6) is 0. The number of anilines is 6. The third-order valence-electron chi connectivity index (χ3n) is 11.2. The zero-order valence-electron chi connectivity index (χ0n) is 31.0. The molecular formula is C52H32N2O4. The van der Waals surface area contributed by atoms with Gasteiger partial charge in [0.05, 0.1) is 12.5 Å². The fraction of sp³-hybridized carbons (Fsp3) is 0. The van der Waals surface area contributed by atoms with Gasteiger partial charge in [0, 0.05) is 66.3 Å². The number of benzene rings is 8. The largest absolute Gasteiger partial charge is 0.464 e. The molecule has 0 atom stereocenters. The van der Waals surface area contributed by atoms with Crippen molar-refractivity contribution in [3.8, 4) is 11.1 Å². The quantitative estimate of drug-likeness (QED) is 0.162. The molecule has 12 aromatic rings. The molecule has 8 aromatic carbocycles. The first-order chi connectivity index (χ1) is 28.8. The Labute approximate surface area is 332 Å². The first-order valence-corrected chi connectivity index (χ1v) is 19.3. The van der Waals surface area contributed by atoms with E-state index in [1.165, 1.54) is 0 Å². The molecule has 0 bridgehead atoms. The smallest absolute Gasteiger partial charge is 0.159 e. The standard InChI is InChI=1S/C52H32N2O4/c1-3-11-34(12-4-1)53(37-23-25-47-43(31-37)39-15-7-9-17-45(39)57-47)36-21-19-33(20-22-36)49-41-27-29-56-52(41)50(42-28-30-55-51(42)49)54(35-13-5-2-6-14-35)38-24-26-48-44(32-38)40-16-8-10-18-46(40)58-48/h1-32H. The molecule has 4 heterocycles. The second-order valence-corrected chi connectivity index (χ2v) is 14.5. The highest BCUT2D eigenvalue weighted by Crippen LogP contribution is 2.50. The van der Waals surface area contributed by atoms with Crippen LogP contribution in [0.2, 0.25) is 0 Å². The molecule has 0 radical (unpaired) electrons. The van der Waals surface area contributed by atoms with Gasteiger partial charge in [0.2, 0.25) is 0 Å². The van der Waals surface area contributed by atoms with Gasteiger partial charge in [0.25, 0.3) is 0 Å². The first-order valence-electron chi connectivity index (χ1n) is 19.3. The molecule has 0 amide bonds. The van der Waals surface area contributed by atoms with Crippen molar-refractivity contribution in [2.45, 2.75) is 0 Å². The monoisotopic (exact) mass is 748 g/mol. The summed E-state index contributed by atoms with van der Waals surface area (Å²) in [5, 5.41) is 6.19. The van der Waals surface area contributed by atoms with E-state index in [1.54, 1.807) is 12.5 Å². The lowest BCUT2D eigenvalue weighted by Crippen LogP contribution is -2.11. The van der Waals surface area contributed by atoms with E-state index in [2.05, 4.69) is 137 Å². The van der Waals surface area contributed by atoms with Crippen LogP contribution < -0.4 is 9.80 Å². The van der Waals surface area contributed by atoms with Crippen molar-refractivity contribution in [2.24, 2.45) is 0 Å². The Morgan fingerprint density at radius 3 is 1.40 bits per heavy atom. The Kier molecular flexibility index (Phi) is 7.13. The highest BCUT2D eigenvalue weighted by molar-refractivity contribution is 6.19. The lowest BCUT2D eigenvalue weighted by Gasteiger charge is -2.27. The van der Waals surface area contributed by atoms with Crippen LogP contribution in [-0.4, -0.2) is 0 Å². The van der Waals surface area contributed by atoms with Gasteiger partial charge < -0.3 is 27.5 Å². The average molecular weight is 749 g/mol. The molecule has 12 rings (SSSR count). The molecule has 0 spiro atoms. The molecule has 0 N–H and O–H groups in total. The lowest BCUT2D eigenvalue weighted by molar-refractivity contribution is 0.613. The van der Waals surface area contributed by atoms with Crippen LogP contribution >= 0.6 is 0 Å². The molecule has 58 heavy (non-hydrogen) atoms. The van der Waals surface area contributed by atoms with Crippen molar-refractivity contribution in [1.29, 1.82) is 0 Å². The van der Waals surface area contributed by atoms with Crippen molar-refractivity contribution >= 4 is 99.9 Å². The third-order valence-corrected chi connectivity index (χ3v) is 11.2. The summed E-state index contributed by atoms with van der Waals surface area (Å²) in [4.78, 5) is 4.54. The van der Waals surface area contributed by atoms with Crippen LogP contribution in [0.4, 0.5) is 34.1 Å². The highest BCUT2D eigenvalue weighted by Gasteiger charge is 2.27. The van der Waals surface area contributed by atoms with Crippen LogP contribution in [0.1, 0.15) is 0 Å². The number of fused-ring (bicyclic) bond motifs is 8. The van der Waals surface area contributed by atoms with Gasteiger partial charge >= 0.3 is 0 Å². The topological polar surface area (TPSA) is 59.0 Å². The fourth-order valence-electron chi connectivity index (χ4n) is 8.62. The van der Waals surface area contributed by atoms with Crippen LogP contribution in [-0.2, 0) is 0 Å². The summed E-state index contributed by atoms with van der Waals surface area (Å²) in [6.45, 7) is 0. The third kappa shape index (κ3) is 4.98. The zero-order valence-corrected chi connectivity index (χ0v) is 31.0. The van der Waals surface area contributed by atoms with E-state index < -0.39 is 0 Å². The zero-order chi connectivity index (χ0) is 38.2. The van der Waals surface area contributed by atoms with E-state index >= 15 is 0 Å². The predicted molar refractivity (Wildman–Crippen MR) is 235 cm³/mol. The van der Waals surface area contributed by atoms with Crippen LogP contribution in [0.25, 0.3) is 76.9 Å². The van der Waals surface area contributed by atoms with E-state index in [-0.39, 0.29) is 0 Å². The van der Waals surface area contributed by atoms with Gasteiger partial charge in [-0.25, -0.2) is 0 Å². The second-order valence-electron chi connectivity index (χ2n) is 14.5. The van der Waals surface area contributed by atoms with Crippen LogP contribution in [0.5, 0.6) is 0 Å². The maximum atomic E-state index is 6.47. The minimum atomic E-state index is 0.764. The second kappa shape index (κ2) is 12.8. The van der Waals surface area contributed by atoms with Crippen LogP contribution in [0, 0.1) is 0 Å². The summed E-state index contributed by atoms with van der Waals surface area (Å²) in [5.41, 5.74) is 13.0. The minimum Gasteiger partial charge on any atom is -0.464 e. The van der Waals surface area contributed by atoms with Gasteiger partial charge in [-0.2, -0.15) is 0 Å². The molecule has 0 aliphatic rings. The lowest BCUT2D eigenvalue weighted by atomic mass is 9.97.